The number of aromatic amines is 4. The van der Waals surface area contributed by atoms with E-state index in [1.54, 1.807) is 24.8 Å². The molecule has 15 heteroatoms. The average molecular weight is 777 g/mol. The number of rotatable bonds is 8. The molecule has 14 nitrogen and oxygen atoms in total. The average Bonchev–Trinajstić information content (AvgIpc) is 4.03. The normalized spacial score (nSPS) is 10.3. The molecule has 4 aromatic heterocycles. The second-order valence-electron chi connectivity index (χ2n) is 11.7. The molecule has 8 rings (SSSR count). The van der Waals surface area contributed by atoms with Crippen LogP contribution in [-0.4, -0.2) is 72.7 Å². The molecule has 0 aliphatic rings. The summed E-state index contributed by atoms with van der Waals surface area (Å²) in [5.74, 6) is -0.833. The monoisotopic (exact) mass is 778 g/mol. The van der Waals surface area contributed by atoms with Crippen molar-refractivity contribution in [1.82, 2.24) is 61.6 Å². The van der Waals surface area contributed by atoms with E-state index in [-0.39, 0.29) is 0 Å². The van der Waals surface area contributed by atoms with Crippen molar-refractivity contribution in [1.29, 1.82) is 0 Å². The molecular weight excluding hydrogens is 745 g/mol. The maximum Gasteiger partial charge on any atom is -0.00268 e. The van der Waals surface area contributed by atoms with Gasteiger partial charge >= 0.3 is 121 Å². The van der Waals surface area contributed by atoms with Gasteiger partial charge in [-0.05, 0) is 33.4 Å². The Bertz CT molecular complexity index is 1900. The van der Waals surface area contributed by atoms with Crippen LogP contribution in [0.25, 0.3) is 11.1 Å². The SMILES string of the molecule is CC(=O)O.c1[nH]nn[c]1[Cd]([c]1c[nH]nn1)([c]1c[nH]nn1)[c]1c[nH]nn1.c1ccc(C(=C(c2ccccc2)c2ccccc2)c2ccccc2)cc1. The number of aliphatic carboxylic acids is 1. The summed E-state index contributed by atoms with van der Waals surface area (Å²) >= 11 is -4.15. The third-order valence-electron chi connectivity index (χ3n) is 8.54. The van der Waals surface area contributed by atoms with Gasteiger partial charge in [0.1, 0.15) is 0 Å². The van der Waals surface area contributed by atoms with E-state index >= 15 is 0 Å². The number of nitrogens with zero attached hydrogens (tertiary/aromatic N) is 8. The molecule has 0 aliphatic carbocycles. The molecule has 0 aliphatic heterocycles. The van der Waals surface area contributed by atoms with Crippen molar-refractivity contribution >= 4 is 30.1 Å². The van der Waals surface area contributed by atoms with E-state index in [4.69, 9.17) is 9.90 Å². The maximum atomic E-state index is 9.00. The van der Waals surface area contributed by atoms with Crippen LogP contribution < -0.4 is 13.0 Å². The minimum absolute atomic E-state index is 0.771. The number of benzene rings is 4. The van der Waals surface area contributed by atoms with E-state index in [1.165, 1.54) is 33.4 Å². The second kappa shape index (κ2) is 16.8. The smallest absolute Gasteiger partial charge is 0.00268 e. The number of carboxylic acid groups (broad SMARTS) is 1. The van der Waals surface area contributed by atoms with Gasteiger partial charge in [0, 0.05) is 6.92 Å². The predicted molar refractivity (Wildman–Crippen MR) is 188 cm³/mol. The van der Waals surface area contributed by atoms with Crippen LogP contribution in [0.4, 0.5) is 0 Å². The largest absolute Gasteiger partial charge is 0.0622 e. The summed E-state index contributed by atoms with van der Waals surface area (Å²) in [6, 6.07) is 42.6. The maximum absolute atomic E-state index is 9.00. The van der Waals surface area contributed by atoms with Gasteiger partial charge < -0.3 is 5.11 Å². The van der Waals surface area contributed by atoms with E-state index in [0.717, 1.165) is 19.9 Å². The van der Waals surface area contributed by atoms with Crippen LogP contribution in [0.1, 0.15) is 29.2 Å². The van der Waals surface area contributed by atoms with Gasteiger partial charge in [0.2, 0.25) is 0 Å². The molecule has 0 radical (unpaired) electrons. The molecule has 0 saturated heterocycles. The van der Waals surface area contributed by atoms with E-state index in [9.17, 15) is 0 Å². The molecule has 0 unspecified atom stereocenters. The number of carbonyl (C=O) groups is 1. The summed E-state index contributed by atoms with van der Waals surface area (Å²) in [5.41, 5.74) is 7.40. The number of hydrogen-bond donors (Lipinski definition) is 5. The summed E-state index contributed by atoms with van der Waals surface area (Å²) in [4.78, 5) is 9.00. The van der Waals surface area contributed by atoms with Gasteiger partial charge in [0.15, 0.2) is 0 Å². The zero-order valence-electron chi connectivity index (χ0n) is 27.5. The van der Waals surface area contributed by atoms with Gasteiger partial charge in [0.05, 0.1) is 0 Å². The molecule has 0 amide bonds. The number of hydrogen-bond acceptors (Lipinski definition) is 9. The summed E-state index contributed by atoms with van der Waals surface area (Å²) in [6.45, 7) is 1.08. The topological polar surface area (TPSA) is 204 Å². The molecule has 0 saturated carbocycles. The first kappa shape index (κ1) is 34.4. The van der Waals surface area contributed by atoms with Gasteiger partial charge in [-0.25, -0.2) is 0 Å². The molecule has 250 valence electrons. The first-order chi connectivity index (χ1) is 25.1. The molecule has 0 spiro atoms. The fraction of sp³-hybridized carbons (Fsp3) is 0.0278. The van der Waals surface area contributed by atoms with Crippen LogP contribution in [-0.2, 0) is 26.0 Å². The molecule has 0 atom stereocenters. The van der Waals surface area contributed by atoms with Gasteiger partial charge in [-0.3, -0.25) is 4.79 Å². The van der Waals surface area contributed by atoms with Gasteiger partial charge in [-0.15, -0.1) is 0 Å². The van der Waals surface area contributed by atoms with Crippen LogP contribution >= 0.6 is 0 Å². The molecule has 4 aromatic carbocycles. The number of aromatic nitrogens is 12. The standard InChI is InChI=1S/C26H20.4C2H2N3.C2H4O2.Cd/c1-5-13-21(14-6-1)25(22-15-7-2-8-16-22)26(23-17-9-3-10-18-23)24-19-11-4-12-20-24;4*1-2-4-5-3-1;1-2(3)4;/h1-20H;4*1H,(H,3,4,5);1H3,(H,3,4);. The van der Waals surface area contributed by atoms with Crippen molar-refractivity contribution in [3.63, 3.8) is 0 Å². The van der Waals surface area contributed by atoms with E-state index in [2.05, 4.69) is 183 Å². The van der Waals surface area contributed by atoms with Gasteiger partial charge in [-0.2, -0.15) is 0 Å². The summed E-state index contributed by atoms with van der Waals surface area (Å²) in [5, 5.41) is 50.5. The van der Waals surface area contributed by atoms with E-state index < -0.39 is 27.1 Å². The fourth-order valence-electron chi connectivity index (χ4n) is 6.38. The van der Waals surface area contributed by atoms with E-state index in [0.29, 0.717) is 0 Å². The fourth-order valence-corrected chi connectivity index (χ4v) is 20.5. The molecule has 8 aromatic rings. The number of carboxylic acids is 1. The van der Waals surface area contributed by atoms with Gasteiger partial charge in [-0.1, -0.05) is 121 Å². The zero-order chi connectivity index (χ0) is 35.3. The van der Waals surface area contributed by atoms with Crippen LogP contribution in [0.2, 0.25) is 0 Å². The number of H-pyrrole nitrogens is 4. The summed E-state index contributed by atoms with van der Waals surface area (Å²) in [7, 11) is 0. The quantitative estimate of drug-likeness (QED) is 0.113. The van der Waals surface area contributed by atoms with Crippen LogP contribution in [0.15, 0.2) is 146 Å². The van der Waals surface area contributed by atoms with Crippen molar-refractivity contribution in [3.05, 3.63) is 168 Å². The Kier molecular flexibility index (Phi) is 11.3. The minimum Gasteiger partial charge on any atom is -0.0622 e. The Morgan fingerprint density at radius 3 is 0.843 bits per heavy atom. The molecule has 0 bridgehead atoms. The molecular formula is C36H32CdN12O2. The Morgan fingerprint density at radius 2 is 0.667 bits per heavy atom. The summed E-state index contributed by atoms with van der Waals surface area (Å²) < 4.78 is 3.08. The van der Waals surface area contributed by atoms with Crippen molar-refractivity contribution < 1.29 is 31.1 Å². The van der Waals surface area contributed by atoms with Crippen molar-refractivity contribution in [2.24, 2.45) is 0 Å². The Hall–Kier alpha value is -6.43. The Labute approximate surface area is 296 Å². The Morgan fingerprint density at radius 1 is 0.451 bits per heavy atom. The van der Waals surface area contributed by atoms with Crippen molar-refractivity contribution in [2.75, 3.05) is 0 Å². The van der Waals surface area contributed by atoms with Crippen LogP contribution in [0.5, 0.6) is 0 Å². The number of nitrogens with one attached hydrogen (secondary N) is 4. The predicted octanol–water partition coefficient (Wildman–Crippen LogP) is 2.70. The zero-order valence-corrected chi connectivity index (χ0v) is 31.5. The third-order valence-corrected chi connectivity index (χ3v) is 24.9. The molecule has 51 heavy (non-hydrogen) atoms. The first-order valence-corrected chi connectivity index (χ1v) is 24.2. The third kappa shape index (κ3) is 7.91. The minimum atomic E-state index is -4.15. The summed E-state index contributed by atoms with van der Waals surface area (Å²) in [6.07, 6.45) is 6.96. The Balaban J connectivity index is 0.000000162. The van der Waals surface area contributed by atoms with E-state index in [1.807, 2.05) is 0 Å². The van der Waals surface area contributed by atoms with Crippen molar-refractivity contribution in [3.8, 4) is 0 Å². The van der Waals surface area contributed by atoms with Gasteiger partial charge in [0.25, 0.3) is 5.97 Å². The van der Waals surface area contributed by atoms with Crippen molar-refractivity contribution in [2.45, 2.75) is 6.92 Å². The molecule has 4 heterocycles. The molecule has 5 N–H and O–H groups in total. The van der Waals surface area contributed by atoms with Crippen LogP contribution in [0, 0.1) is 0 Å². The second-order valence-corrected chi connectivity index (χ2v) is 26.0. The first-order valence-electron chi connectivity index (χ1n) is 16.1. The van der Waals surface area contributed by atoms with Crippen LogP contribution in [0.3, 0.4) is 0 Å². The molecule has 0 fully saturated rings.